The van der Waals surface area contributed by atoms with E-state index in [1.54, 1.807) is 12.1 Å². The van der Waals surface area contributed by atoms with Gasteiger partial charge in [-0.3, -0.25) is 0 Å². The smallest absolute Gasteiger partial charge is 0.176 e. The Labute approximate surface area is 113 Å². The van der Waals surface area contributed by atoms with Crippen molar-refractivity contribution in [3.05, 3.63) is 28.8 Å². The number of rotatable bonds is 3. The fourth-order valence-electron chi connectivity index (χ4n) is 2.39. The van der Waals surface area contributed by atoms with Gasteiger partial charge in [-0.1, -0.05) is 17.7 Å². The summed E-state index contributed by atoms with van der Waals surface area (Å²) < 4.78 is 22.9. The maximum Gasteiger partial charge on any atom is 0.176 e. The molecular weight excluding hydrogens is 270 g/mol. The Morgan fingerprint density at radius 2 is 2.00 bits per heavy atom. The van der Waals surface area contributed by atoms with Crippen molar-refractivity contribution in [1.82, 2.24) is 5.32 Å². The van der Waals surface area contributed by atoms with Gasteiger partial charge < -0.3 is 5.32 Å². The van der Waals surface area contributed by atoms with E-state index in [0.717, 1.165) is 25.1 Å². The predicted octanol–water partition coefficient (Wildman–Crippen LogP) is 2.29. The standard InChI is InChI=1S/C13H18ClNO2S/c1-18(16,17)13-3-2-11(9-12(13)14)8-10-4-6-15-7-5-10/h2-3,9-10,15H,4-8H2,1H3. The van der Waals surface area contributed by atoms with Crippen molar-refractivity contribution in [3.8, 4) is 0 Å². The Kier molecular flexibility index (Phi) is 4.30. The van der Waals surface area contributed by atoms with Gasteiger partial charge >= 0.3 is 0 Å². The highest BCUT2D eigenvalue weighted by molar-refractivity contribution is 7.90. The second kappa shape index (κ2) is 5.59. The molecular formula is C13H18ClNO2S. The molecule has 18 heavy (non-hydrogen) atoms. The first-order valence-electron chi connectivity index (χ1n) is 6.16. The van der Waals surface area contributed by atoms with Crippen LogP contribution in [-0.2, 0) is 16.3 Å². The zero-order valence-corrected chi connectivity index (χ0v) is 12.0. The maximum absolute atomic E-state index is 11.5. The summed E-state index contributed by atoms with van der Waals surface area (Å²) in [6, 6.07) is 5.29. The summed E-state index contributed by atoms with van der Waals surface area (Å²) in [5.41, 5.74) is 1.12. The van der Waals surface area contributed by atoms with Crippen LogP contribution in [0.1, 0.15) is 18.4 Å². The summed E-state index contributed by atoms with van der Waals surface area (Å²) in [6.45, 7) is 2.14. The van der Waals surface area contributed by atoms with Crippen LogP contribution in [0.15, 0.2) is 23.1 Å². The molecule has 0 amide bonds. The molecule has 0 atom stereocenters. The van der Waals surface area contributed by atoms with Crippen LogP contribution in [0.5, 0.6) is 0 Å². The zero-order chi connectivity index (χ0) is 13.2. The number of hydrogen-bond donors (Lipinski definition) is 1. The minimum atomic E-state index is -3.23. The minimum absolute atomic E-state index is 0.221. The average Bonchev–Trinajstić information content (AvgIpc) is 2.28. The van der Waals surface area contributed by atoms with E-state index in [1.165, 1.54) is 19.1 Å². The van der Waals surface area contributed by atoms with Gasteiger partial charge in [0.05, 0.1) is 9.92 Å². The summed E-state index contributed by atoms with van der Waals surface area (Å²) in [4.78, 5) is 0.221. The van der Waals surface area contributed by atoms with Crippen molar-refractivity contribution in [3.63, 3.8) is 0 Å². The van der Waals surface area contributed by atoms with Crippen LogP contribution < -0.4 is 5.32 Å². The van der Waals surface area contributed by atoms with Gasteiger partial charge in [-0.15, -0.1) is 0 Å². The first kappa shape index (κ1) is 13.8. The summed E-state index contributed by atoms with van der Waals surface area (Å²) >= 11 is 6.04. The lowest BCUT2D eigenvalue weighted by Crippen LogP contribution is -2.28. The van der Waals surface area contributed by atoms with Gasteiger partial charge in [-0.2, -0.15) is 0 Å². The Balaban J connectivity index is 2.13. The van der Waals surface area contributed by atoms with Gasteiger partial charge in [0.25, 0.3) is 0 Å². The predicted molar refractivity (Wildman–Crippen MR) is 73.9 cm³/mol. The van der Waals surface area contributed by atoms with Gasteiger partial charge in [0.2, 0.25) is 0 Å². The van der Waals surface area contributed by atoms with E-state index in [-0.39, 0.29) is 4.90 Å². The van der Waals surface area contributed by atoms with E-state index in [4.69, 9.17) is 11.6 Å². The van der Waals surface area contributed by atoms with E-state index in [2.05, 4.69) is 5.32 Å². The van der Waals surface area contributed by atoms with Gasteiger partial charge in [0.1, 0.15) is 0 Å². The molecule has 0 aliphatic carbocycles. The number of nitrogens with one attached hydrogen (secondary N) is 1. The third-order valence-electron chi connectivity index (χ3n) is 3.38. The molecule has 1 N–H and O–H groups in total. The van der Waals surface area contributed by atoms with Crippen molar-refractivity contribution < 1.29 is 8.42 Å². The molecule has 2 rings (SSSR count). The molecule has 0 bridgehead atoms. The van der Waals surface area contributed by atoms with Crippen LogP contribution in [0.2, 0.25) is 5.02 Å². The highest BCUT2D eigenvalue weighted by Crippen LogP contribution is 2.25. The molecule has 0 unspecified atom stereocenters. The molecule has 100 valence electrons. The Bertz CT molecular complexity index is 522. The van der Waals surface area contributed by atoms with Crippen molar-refractivity contribution in [2.45, 2.75) is 24.2 Å². The van der Waals surface area contributed by atoms with Gasteiger partial charge in [-0.25, -0.2) is 8.42 Å². The zero-order valence-electron chi connectivity index (χ0n) is 10.4. The second-order valence-corrected chi connectivity index (χ2v) is 7.33. The molecule has 0 radical (unpaired) electrons. The van der Waals surface area contributed by atoms with Crippen LogP contribution in [0.4, 0.5) is 0 Å². The van der Waals surface area contributed by atoms with Crippen molar-refractivity contribution in [1.29, 1.82) is 0 Å². The van der Waals surface area contributed by atoms with Crippen LogP contribution in [0.3, 0.4) is 0 Å². The van der Waals surface area contributed by atoms with E-state index in [9.17, 15) is 8.42 Å². The Morgan fingerprint density at radius 1 is 1.33 bits per heavy atom. The van der Waals surface area contributed by atoms with E-state index < -0.39 is 9.84 Å². The van der Waals surface area contributed by atoms with Crippen LogP contribution in [0, 0.1) is 5.92 Å². The van der Waals surface area contributed by atoms with Crippen molar-refractivity contribution in [2.75, 3.05) is 19.3 Å². The molecule has 0 aromatic heterocycles. The van der Waals surface area contributed by atoms with Crippen LogP contribution >= 0.6 is 11.6 Å². The lowest BCUT2D eigenvalue weighted by molar-refractivity contribution is 0.372. The maximum atomic E-state index is 11.5. The second-order valence-electron chi connectivity index (χ2n) is 4.93. The molecule has 1 aliphatic heterocycles. The molecule has 1 saturated heterocycles. The minimum Gasteiger partial charge on any atom is -0.317 e. The fraction of sp³-hybridized carbons (Fsp3) is 0.538. The number of piperidine rings is 1. The average molecular weight is 288 g/mol. The highest BCUT2D eigenvalue weighted by Gasteiger charge is 2.16. The molecule has 1 aromatic rings. The number of halogens is 1. The largest absolute Gasteiger partial charge is 0.317 e. The third-order valence-corrected chi connectivity index (χ3v) is 4.96. The van der Waals surface area contributed by atoms with Crippen LogP contribution in [-0.4, -0.2) is 27.8 Å². The number of sulfone groups is 1. The van der Waals surface area contributed by atoms with Gasteiger partial charge in [-0.05, 0) is 56.0 Å². The molecule has 5 heteroatoms. The summed E-state index contributed by atoms with van der Waals surface area (Å²) in [5.74, 6) is 0.673. The first-order valence-corrected chi connectivity index (χ1v) is 8.43. The number of hydrogen-bond acceptors (Lipinski definition) is 3. The third kappa shape index (κ3) is 3.46. The number of benzene rings is 1. The SMILES string of the molecule is CS(=O)(=O)c1ccc(CC2CCNCC2)cc1Cl. The fourth-order valence-corrected chi connectivity index (χ4v) is 3.74. The normalized spacial score (nSPS) is 17.9. The first-order chi connectivity index (χ1) is 8.47. The molecule has 0 spiro atoms. The summed E-state index contributed by atoms with van der Waals surface area (Å²) in [6.07, 6.45) is 4.50. The molecule has 1 aromatic carbocycles. The lowest BCUT2D eigenvalue weighted by Gasteiger charge is -2.22. The summed E-state index contributed by atoms with van der Waals surface area (Å²) in [7, 11) is -3.23. The Morgan fingerprint density at radius 3 is 2.56 bits per heavy atom. The van der Waals surface area contributed by atoms with E-state index >= 15 is 0 Å². The molecule has 1 heterocycles. The Hall–Kier alpha value is -0.580. The molecule has 3 nitrogen and oxygen atoms in total. The molecule has 0 saturated carbocycles. The van der Waals surface area contributed by atoms with Gasteiger partial charge in [0, 0.05) is 6.26 Å². The molecule has 1 fully saturated rings. The van der Waals surface area contributed by atoms with Crippen LogP contribution in [0.25, 0.3) is 0 Å². The van der Waals surface area contributed by atoms with Crippen molar-refractivity contribution in [2.24, 2.45) is 5.92 Å². The monoisotopic (exact) mass is 287 g/mol. The van der Waals surface area contributed by atoms with Gasteiger partial charge in [0.15, 0.2) is 9.84 Å². The van der Waals surface area contributed by atoms with E-state index in [0.29, 0.717) is 10.9 Å². The molecule has 1 aliphatic rings. The topological polar surface area (TPSA) is 46.2 Å². The highest BCUT2D eigenvalue weighted by atomic mass is 35.5. The summed E-state index contributed by atoms with van der Waals surface area (Å²) in [5, 5.41) is 3.67. The lowest BCUT2D eigenvalue weighted by atomic mass is 9.91. The quantitative estimate of drug-likeness (QED) is 0.928. The van der Waals surface area contributed by atoms with E-state index in [1.807, 2.05) is 6.07 Å². The van der Waals surface area contributed by atoms with Crippen molar-refractivity contribution >= 4 is 21.4 Å².